The van der Waals surface area contributed by atoms with E-state index >= 15 is 0 Å². The van der Waals surface area contributed by atoms with Crippen molar-refractivity contribution in [3.8, 4) is 5.75 Å². The first kappa shape index (κ1) is 22.1. The molecule has 2 heterocycles. The standard InChI is InChI=1S/C25H20F2N2O4/c1-13-10-20(33-3)14(2)9-17(13)23(30)21-22(15-5-4-8-28-12-15)29(25(32)24(21)31)19-7-6-16(26)11-18(19)27/h4-12,22,30H,1-3H3/b23-21+. The number of carbonyl (C=O) groups is 2. The van der Waals surface area contributed by atoms with Gasteiger partial charge < -0.3 is 9.84 Å². The minimum Gasteiger partial charge on any atom is -0.507 e. The van der Waals surface area contributed by atoms with Crippen LogP contribution < -0.4 is 9.64 Å². The molecule has 0 radical (unpaired) electrons. The van der Waals surface area contributed by atoms with E-state index in [1.807, 2.05) is 0 Å². The van der Waals surface area contributed by atoms with Crippen molar-refractivity contribution in [2.45, 2.75) is 19.9 Å². The number of Topliss-reactive ketones (excluding diaryl/α,β-unsaturated/α-hetero) is 1. The van der Waals surface area contributed by atoms with Crippen LogP contribution in [0.15, 0.2) is 60.4 Å². The van der Waals surface area contributed by atoms with Gasteiger partial charge in [-0.05, 0) is 60.9 Å². The average Bonchev–Trinajstić information content (AvgIpc) is 3.06. The molecule has 1 N–H and O–H groups in total. The number of aliphatic hydroxyl groups is 1. The fourth-order valence-corrected chi connectivity index (χ4v) is 4.02. The number of ketones is 1. The molecule has 0 spiro atoms. The second-order valence-electron chi connectivity index (χ2n) is 7.69. The monoisotopic (exact) mass is 450 g/mol. The topological polar surface area (TPSA) is 79.7 Å². The molecule has 2 aromatic carbocycles. The van der Waals surface area contributed by atoms with Crippen molar-refractivity contribution in [2.24, 2.45) is 0 Å². The zero-order valence-corrected chi connectivity index (χ0v) is 18.1. The Morgan fingerprint density at radius 2 is 1.85 bits per heavy atom. The van der Waals surface area contributed by atoms with Gasteiger partial charge in [0.05, 0.1) is 24.4 Å². The minimum absolute atomic E-state index is 0.218. The Labute approximate surface area is 188 Å². The average molecular weight is 450 g/mol. The number of nitrogens with zero attached hydrogens (tertiary/aromatic N) is 2. The molecule has 1 amide bonds. The van der Waals surface area contributed by atoms with Gasteiger partial charge in [-0.25, -0.2) is 8.78 Å². The number of aromatic nitrogens is 1. The van der Waals surface area contributed by atoms with Crippen LogP contribution in [0.4, 0.5) is 14.5 Å². The predicted molar refractivity (Wildman–Crippen MR) is 118 cm³/mol. The molecule has 0 aliphatic carbocycles. The molecule has 168 valence electrons. The number of rotatable bonds is 4. The van der Waals surface area contributed by atoms with Crippen molar-refractivity contribution < 1.29 is 28.2 Å². The van der Waals surface area contributed by atoms with Crippen LogP contribution in [0.2, 0.25) is 0 Å². The van der Waals surface area contributed by atoms with Gasteiger partial charge in [-0.2, -0.15) is 0 Å². The summed E-state index contributed by atoms with van der Waals surface area (Å²) in [5, 5.41) is 11.3. The van der Waals surface area contributed by atoms with Crippen molar-refractivity contribution in [1.82, 2.24) is 4.98 Å². The van der Waals surface area contributed by atoms with Gasteiger partial charge in [-0.15, -0.1) is 0 Å². The van der Waals surface area contributed by atoms with Crippen molar-refractivity contribution in [3.05, 3.63) is 94.3 Å². The third kappa shape index (κ3) is 3.73. The number of aryl methyl sites for hydroxylation is 2. The van der Waals surface area contributed by atoms with E-state index in [0.29, 0.717) is 34.1 Å². The van der Waals surface area contributed by atoms with Gasteiger partial charge in [0.25, 0.3) is 11.7 Å². The predicted octanol–water partition coefficient (Wildman–Crippen LogP) is 4.61. The first-order chi connectivity index (χ1) is 15.7. The number of carbonyl (C=O) groups excluding carboxylic acids is 2. The van der Waals surface area contributed by atoms with E-state index in [0.717, 1.165) is 17.0 Å². The molecule has 1 aliphatic heterocycles. The zero-order valence-electron chi connectivity index (χ0n) is 18.1. The molecule has 4 rings (SSSR count). The highest BCUT2D eigenvalue weighted by atomic mass is 19.1. The van der Waals surface area contributed by atoms with Gasteiger partial charge in [0.15, 0.2) is 0 Å². The minimum atomic E-state index is -1.17. The van der Waals surface area contributed by atoms with E-state index < -0.39 is 35.1 Å². The molecule has 1 unspecified atom stereocenters. The van der Waals surface area contributed by atoms with Crippen LogP contribution >= 0.6 is 0 Å². The quantitative estimate of drug-likeness (QED) is 0.357. The Morgan fingerprint density at radius 1 is 1.09 bits per heavy atom. The van der Waals surface area contributed by atoms with E-state index in [1.165, 1.54) is 19.5 Å². The number of aliphatic hydroxyl groups excluding tert-OH is 1. The summed E-state index contributed by atoms with van der Waals surface area (Å²) in [6.07, 6.45) is 2.93. The summed E-state index contributed by atoms with van der Waals surface area (Å²) < 4.78 is 33.5. The lowest BCUT2D eigenvalue weighted by molar-refractivity contribution is -0.132. The molecule has 6 nitrogen and oxygen atoms in total. The first-order valence-corrected chi connectivity index (χ1v) is 10.1. The van der Waals surface area contributed by atoms with Gasteiger partial charge in [-0.3, -0.25) is 19.5 Å². The molecule has 0 bridgehead atoms. The van der Waals surface area contributed by atoms with E-state index in [1.54, 1.807) is 38.1 Å². The summed E-state index contributed by atoms with van der Waals surface area (Å²) >= 11 is 0. The van der Waals surface area contributed by atoms with Crippen LogP contribution in [-0.2, 0) is 9.59 Å². The Balaban J connectivity index is 1.98. The maximum Gasteiger partial charge on any atom is 0.300 e. The lowest BCUT2D eigenvalue weighted by atomic mass is 9.93. The zero-order chi connectivity index (χ0) is 23.9. The number of amides is 1. The normalized spacial score (nSPS) is 17.5. The number of methoxy groups -OCH3 is 1. The van der Waals surface area contributed by atoms with Crippen molar-refractivity contribution >= 4 is 23.1 Å². The Bertz CT molecular complexity index is 1310. The van der Waals surface area contributed by atoms with Crippen LogP contribution in [0.5, 0.6) is 5.75 Å². The molecule has 0 saturated carbocycles. The third-order valence-corrected chi connectivity index (χ3v) is 5.61. The number of halogens is 2. The summed E-state index contributed by atoms with van der Waals surface area (Å²) in [4.78, 5) is 31.2. The van der Waals surface area contributed by atoms with Crippen molar-refractivity contribution in [1.29, 1.82) is 0 Å². The molecule has 3 aromatic rings. The fraction of sp³-hybridized carbons (Fsp3) is 0.160. The number of hydrogen-bond donors (Lipinski definition) is 1. The summed E-state index contributed by atoms with van der Waals surface area (Å²) in [5.41, 5.74) is 1.53. The Kier molecular flexibility index (Phi) is 5.68. The number of ether oxygens (including phenoxy) is 1. The van der Waals surface area contributed by atoms with Gasteiger partial charge in [0, 0.05) is 24.0 Å². The summed E-state index contributed by atoms with van der Waals surface area (Å²) in [6.45, 7) is 3.51. The van der Waals surface area contributed by atoms with Gasteiger partial charge >= 0.3 is 0 Å². The number of hydrogen-bond acceptors (Lipinski definition) is 5. The highest BCUT2D eigenvalue weighted by Crippen LogP contribution is 2.43. The molecule has 1 aromatic heterocycles. The molecule has 1 atom stereocenters. The maximum absolute atomic E-state index is 14.7. The molecule has 1 aliphatic rings. The van der Waals surface area contributed by atoms with Crippen molar-refractivity contribution in [2.75, 3.05) is 12.0 Å². The van der Waals surface area contributed by atoms with Crippen molar-refractivity contribution in [3.63, 3.8) is 0 Å². The fourth-order valence-electron chi connectivity index (χ4n) is 4.02. The highest BCUT2D eigenvalue weighted by molar-refractivity contribution is 6.51. The number of benzene rings is 2. The largest absolute Gasteiger partial charge is 0.507 e. The van der Waals surface area contributed by atoms with Gasteiger partial charge in [0.2, 0.25) is 0 Å². The summed E-state index contributed by atoms with van der Waals surface area (Å²) in [7, 11) is 1.52. The van der Waals surface area contributed by atoms with Crippen LogP contribution in [0, 0.1) is 25.5 Å². The van der Waals surface area contributed by atoms with Crippen LogP contribution in [0.25, 0.3) is 5.76 Å². The Hall–Kier alpha value is -4.07. The molecular formula is C25H20F2N2O4. The van der Waals surface area contributed by atoms with Crippen LogP contribution in [-0.4, -0.2) is 28.9 Å². The van der Waals surface area contributed by atoms with Gasteiger partial charge in [0.1, 0.15) is 23.1 Å². The molecular weight excluding hydrogens is 430 g/mol. The maximum atomic E-state index is 14.7. The first-order valence-electron chi connectivity index (χ1n) is 10.1. The summed E-state index contributed by atoms with van der Waals surface area (Å²) in [5.74, 6) is -3.67. The van der Waals surface area contributed by atoms with Crippen LogP contribution in [0.1, 0.15) is 28.3 Å². The van der Waals surface area contributed by atoms with E-state index in [9.17, 15) is 23.5 Å². The lowest BCUT2D eigenvalue weighted by Gasteiger charge is -2.25. The Morgan fingerprint density at radius 3 is 2.48 bits per heavy atom. The summed E-state index contributed by atoms with van der Waals surface area (Å²) in [6, 6.07) is 8.11. The third-order valence-electron chi connectivity index (χ3n) is 5.61. The highest BCUT2D eigenvalue weighted by Gasteiger charge is 2.48. The molecule has 1 fully saturated rings. The van der Waals surface area contributed by atoms with Gasteiger partial charge in [-0.1, -0.05) is 6.07 Å². The molecule has 8 heteroatoms. The molecule has 1 saturated heterocycles. The van der Waals surface area contributed by atoms with E-state index in [-0.39, 0.29) is 11.3 Å². The second-order valence-corrected chi connectivity index (χ2v) is 7.69. The van der Waals surface area contributed by atoms with E-state index in [2.05, 4.69) is 4.98 Å². The lowest BCUT2D eigenvalue weighted by Crippen LogP contribution is -2.30. The number of pyridine rings is 1. The molecule has 33 heavy (non-hydrogen) atoms. The van der Waals surface area contributed by atoms with Crippen LogP contribution in [0.3, 0.4) is 0 Å². The second kappa shape index (κ2) is 8.46. The smallest absolute Gasteiger partial charge is 0.300 e. The van der Waals surface area contributed by atoms with E-state index in [4.69, 9.17) is 4.74 Å². The SMILES string of the molecule is COc1cc(C)c(/C(O)=C2\C(=O)C(=O)N(c3ccc(F)cc3F)C2c2cccnc2)cc1C. The number of anilines is 1.